The highest BCUT2D eigenvalue weighted by Crippen LogP contribution is 2.34. The van der Waals surface area contributed by atoms with Gasteiger partial charge in [0.25, 0.3) is 10.0 Å². The number of sulfonamides is 1. The summed E-state index contributed by atoms with van der Waals surface area (Å²) >= 11 is 6.04. The second-order valence-corrected chi connectivity index (χ2v) is 9.62. The van der Waals surface area contributed by atoms with Crippen molar-refractivity contribution in [3.8, 4) is 0 Å². The van der Waals surface area contributed by atoms with Crippen LogP contribution in [0.1, 0.15) is 36.4 Å². The molecule has 7 heteroatoms. The summed E-state index contributed by atoms with van der Waals surface area (Å²) in [6.07, 6.45) is 3.29. The molecule has 0 radical (unpaired) electrons. The van der Waals surface area contributed by atoms with E-state index in [1.54, 1.807) is 24.3 Å². The van der Waals surface area contributed by atoms with Crippen LogP contribution in [0.2, 0.25) is 5.02 Å². The maximum atomic E-state index is 13.6. The molecule has 0 N–H and O–H groups in total. The van der Waals surface area contributed by atoms with Gasteiger partial charge in [-0.1, -0.05) is 41.4 Å². The van der Waals surface area contributed by atoms with E-state index in [-0.39, 0.29) is 6.04 Å². The van der Waals surface area contributed by atoms with Crippen LogP contribution in [0.25, 0.3) is 0 Å². The van der Waals surface area contributed by atoms with E-state index >= 15 is 0 Å². The summed E-state index contributed by atoms with van der Waals surface area (Å²) < 4.78 is 28.8. The zero-order chi connectivity index (χ0) is 19.7. The molecule has 2 aromatic carbocycles. The molecule has 148 valence electrons. The van der Waals surface area contributed by atoms with Crippen LogP contribution in [0.3, 0.4) is 0 Å². The van der Waals surface area contributed by atoms with Crippen LogP contribution in [-0.2, 0) is 10.0 Å². The molecule has 0 aromatic heterocycles. The normalized spacial score (nSPS) is 20.4. The third kappa shape index (κ3) is 3.63. The van der Waals surface area contributed by atoms with Crippen LogP contribution in [0.5, 0.6) is 0 Å². The standard InChI is InChI=1S/C21H24ClN3O2S/c1-16-5-11-19(12-6-16)28(26,27)25-20(17-7-9-18(22)10-8-17)15-23-21(25)24-13-3-2-4-14-24/h5-12,20H,2-4,13-15H2,1H3. The zero-order valence-corrected chi connectivity index (χ0v) is 17.5. The smallest absolute Gasteiger partial charge is 0.267 e. The number of aryl methyl sites for hydroxylation is 1. The molecule has 0 saturated carbocycles. The number of guanidine groups is 1. The van der Waals surface area contributed by atoms with Crippen LogP contribution in [0, 0.1) is 6.92 Å². The van der Waals surface area contributed by atoms with Gasteiger partial charge in [0.1, 0.15) is 0 Å². The van der Waals surface area contributed by atoms with E-state index in [4.69, 9.17) is 11.6 Å². The molecule has 1 atom stereocenters. The quantitative estimate of drug-likeness (QED) is 0.750. The molecule has 1 saturated heterocycles. The minimum Gasteiger partial charge on any atom is -0.342 e. The van der Waals surface area contributed by atoms with Crippen molar-refractivity contribution in [2.24, 2.45) is 4.99 Å². The lowest BCUT2D eigenvalue weighted by Crippen LogP contribution is -2.47. The molecule has 5 nitrogen and oxygen atoms in total. The Labute approximate surface area is 171 Å². The molecule has 2 heterocycles. The summed E-state index contributed by atoms with van der Waals surface area (Å²) in [6, 6.07) is 14.0. The van der Waals surface area contributed by atoms with Gasteiger partial charge in [-0.05, 0) is 56.0 Å². The molecule has 0 bridgehead atoms. The van der Waals surface area contributed by atoms with Crippen molar-refractivity contribution in [3.63, 3.8) is 0 Å². The van der Waals surface area contributed by atoms with Crippen molar-refractivity contribution in [2.45, 2.75) is 37.1 Å². The first-order chi connectivity index (χ1) is 13.5. The first-order valence-electron chi connectivity index (χ1n) is 9.63. The van der Waals surface area contributed by atoms with E-state index < -0.39 is 10.0 Å². The second kappa shape index (κ2) is 7.76. The van der Waals surface area contributed by atoms with Crippen LogP contribution in [0.4, 0.5) is 0 Å². The molecule has 2 aromatic rings. The van der Waals surface area contributed by atoms with Crippen molar-refractivity contribution >= 4 is 27.6 Å². The molecule has 0 amide bonds. The van der Waals surface area contributed by atoms with Gasteiger partial charge in [-0.2, -0.15) is 0 Å². The van der Waals surface area contributed by atoms with E-state index in [1.807, 2.05) is 31.2 Å². The van der Waals surface area contributed by atoms with Gasteiger partial charge in [0, 0.05) is 18.1 Å². The van der Waals surface area contributed by atoms with E-state index in [1.165, 1.54) is 10.7 Å². The molecule has 4 rings (SSSR count). The van der Waals surface area contributed by atoms with E-state index in [0.29, 0.717) is 22.4 Å². The van der Waals surface area contributed by atoms with E-state index in [0.717, 1.165) is 37.1 Å². The number of likely N-dealkylation sites (tertiary alicyclic amines) is 1. The number of halogens is 1. The number of rotatable bonds is 3. The van der Waals surface area contributed by atoms with Crippen molar-refractivity contribution in [1.82, 2.24) is 9.21 Å². The zero-order valence-electron chi connectivity index (χ0n) is 15.9. The van der Waals surface area contributed by atoms with Crippen molar-refractivity contribution in [3.05, 3.63) is 64.7 Å². The predicted molar refractivity (Wildman–Crippen MR) is 112 cm³/mol. The molecular weight excluding hydrogens is 394 g/mol. The number of hydrogen-bond acceptors (Lipinski definition) is 4. The Bertz CT molecular complexity index is 966. The molecular formula is C21H24ClN3O2S. The molecule has 2 aliphatic rings. The Hall–Kier alpha value is -2.05. The van der Waals surface area contributed by atoms with Crippen molar-refractivity contribution < 1.29 is 8.42 Å². The van der Waals surface area contributed by atoms with Gasteiger partial charge < -0.3 is 4.90 Å². The summed E-state index contributed by atoms with van der Waals surface area (Å²) in [6.45, 7) is 4.04. The highest BCUT2D eigenvalue weighted by Gasteiger charge is 2.41. The molecule has 1 unspecified atom stereocenters. The van der Waals surface area contributed by atoms with Crippen molar-refractivity contribution in [2.75, 3.05) is 19.6 Å². The number of benzene rings is 2. The fourth-order valence-corrected chi connectivity index (χ4v) is 5.55. The number of nitrogens with zero attached hydrogens (tertiary/aromatic N) is 3. The van der Waals surface area contributed by atoms with Gasteiger partial charge in [0.05, 0.1) is 17.5 Å². The first-order valence-corrected chi connectivity index (χ1v) is 11.4. The lowest BCUT2D eigenvalue weighted by molar-refractivity contribution is 0.311. The first kappa shape index (κ1) is 19.3. The monoisotopic (exact) mass is 417 g/mol. The Morgan fingerprint density at radius 2 is 1.61 bits per heavy atom. The maximum Gasteiger partial charge on any atom is 0.267 e. The maximum absolute atomic E-state index is 13.6. The number of aliphatic imine (C=N–C) groups is 1. The second-order valence-electron chi connectivity index (χ2n) is 7.37. The van der Waals surface area contributed by atoms with Gasteiger partial charge >= 0.3 is 0 Å². The van der Waals surface area contributed by atoms with Gasteiger partial charge in [0.15, 0.2) is 0 Å². The highest BCUT2D eigenvalue weighted by atomic mass is 35.5. The molecule has 1 fully saturated rings. The molecule has 2 aliphatic heterocycles. The molecule has 28 heavy (non-hydrogen) atoms. The summed E-state index contributed by atoms with van der Waals surface area (Å²) in [5.74, 6) is 0.570. The number of hydrogen-bond donors (Lipinski definition) is 0. The Balaban J connectivity index is 1.76. The van der Waals surface area contributed by atoms with E-state index in [2.05, 4.69) is 9.89 Å². The Morgan fingerprint density at radius 1 is 0.964 bits per heavy atom. The summed E-state index contributed by atoms with van der Waals surface area (Å²) in [4.78, 5) is 7.10. The summed E-state index contributed by atoms with van der Waals surface area (Å²) in [5, 5.41) is 0.631. The Kier molecular flexibility index (Phi) is 5.34. The van der Waals surface area contributed by atoms with Crippen LogP contribution >= 0.6 is 11.6 Å². The van der Waals surface area contributed by atoms with Gasteiger partial charge in [-0.15, -0.1) is 0 Å². The van der Waals surface area contributed by atoms with Crippen molar-refractivity contribution in [1.29, 1.82) is 0 Å². The fourth-order valence-electron chi connectivity index (χ4n) is 3.81. The third-order valence-electron chi connectivity index (χ3n) is 5.36. The lowest BCUT2D eigenvalue weighted by atomic mass is 10.1. The van der Waals surface area contributed by atoms with Crippen LogP contribution in [0.15, 0.2) is 58.4 Å². The minimum absolute atomic E-state index is 0.295. The largest absolute Gasteiger partial charge is 0.342 e. The van der Waals surface area contributed by atoms with Crippen LogP contribution in [-0.4, -0.2) is 43.2 Å². The summed E-state index contributed by atoms with van der Waals surface area (Å²) in [5.41, 5.74) is 1.93. The van der Waals surface area contributed by atoms with Gasteiger partial charge in [-0.3, -0.25) is 0 Å². The lowest BCUT2D eigenvalue weighted by Gasteiger charge is -2.35. The molecule has 0 spiro atoms. The topological polar surface area (TPSA) is 53.0 Å². The van der Waals surface area contributed by atoms with E-state index in [9.17, 15) is 8.42 Å². The average molecular weight is 418 g/mol. The fraction of sp³-hybridized carbons (Fsp3) is 0.381. The predicted octanol–water partition coefficient (Wildman–Crippen LogP) is 4.24. The average Bonchev–Trinajstić information content (AvgIpc) is 3.16. The summed E-state index contributed by atoms with van der Waals surface area (Å²) in [7, 11) is -3.73. The van der Waals surface area contributed by atoms with Gasteiger partial charge in [0.2, 0.25) is 5.96 Å². The molecule has 0 aliphatic carbocycles. The Morgan fingerprint density at radius 3 is 2.25 bits per heavy atom. The number of piperidine rings is 1. The highest BCUT2D eigenvalue weighted by molar-refractivity contribution is 7.89. The third-order valence-corrected chi connectivity index (χ3v) is 7.41. The van der Waals surface area contributed by atoms with Crippen LogP contribution < -0.4 is 0 Å². The minimum atomic E-state index is -3.73. The van der Waals surface area contributed by atoms with Gasteiger partial charge in [-0.25, -0.2) is 17.7 Å². The SMILES string of the molecule is Cc1ccc(S(=O)(=O)N2C(N3CCCCC3)=NCC2c2ccc(Cl)cc2)cc1.